The number of carbonyl (C=O) groups excluding carboxylic acids is 4. The van der Waals surface area contributed by atoms with Crippen LogP contribution in [0.25, 0.3) is 0 Å². The van der Waals surface area contributed by atoms with Gasteiger partial charge in [-0.05, 0) is 49.3 Å². The summed E-state index contributed by atoms with van der Waals surface area (Å²) >= 11 is 0. The van der Waals surface area contributed by atoms with Gasteiger partial charge in [-0.15, -0.1) is 0 Å². The number of ketones is 1. The Hall–Kier alpha value is -2.50. The van der Waals surface area contributed by atoms with Crippen molar-refractivity contribution in [3.8, 4) is 0 Å². The first-order valence-corrected chi connectivity index (χ1v) is 8.35. The van der Waals surface area contributed by atoms with Crippen LogP contribution < -0.4 is 0 Å². The molecule has 0 atom stereocenters. The lowest BCUT2D eigenvalue weighted by molar-refractivity contribution is -0.143. The van der Waals surface area contributed by atoms with Gasteiger partial charge in [-0.3, -0.25) is 19.3 Å². The maximum Gasteiger partial charge on any atom is 0.334 e. The molecule has 0 unspecified atom stereocenters. The van der Waals surface area contributed by atoms with Crippen LogP contribution in [-0.2, 0) is 22.4 Å². The minimum Gasteiger partial charge on any atom is -0.292 e. The van der Waals surface area contributed by atoms with E-state index < -0.39 is 17.8 Å². The fourth-order valence-corrected chi connectivity index (χ4v) is 3.25. The molecular formula is C18H20N2O4. The molecule has 0 aromatic heterocycles. The lowest BCUT2D eigenvalue weighted by Gasteiger charge is -2.17. The Kier molecular flexibility index (Phi) is 4.46. The second kappa shape index (κ2) is 6.55. The lowest BCUT2D eigenvalue weighted by atomic mass is 9.90. The van der Waals surface area contributed by atoms with Gasteiger partial charge in [0.2, 0.25) is 0 Å². The largest absolute Gasteiger partial charge is 0.334 e. The van der Waals surface area contributed by atoms with Gasteiger partial charge in [0.1, 0.15) is 0 Å². The molecule has 1 heterocycles. The molecule has 0 spiro atoms. The van der Waals surface area contributed by atoms with E-state index in [2.05, 4.69) is 0 Å². The second-order valence-electron chi connectivity index (χ2n) is 6.24. The summed E-state index contributed by atoms with van der Waals surface area (Å²) in [6, 6.07) is 4.85. The van der Waals surface area contributed by atoms with Crippen molar-refractivity contribution >= 4 is 23.6 Å². The van der Waals surface area contributed by atoms with Gasteiger partial charge >= 0.3 is 17.8 Å². The maximum absolute atomic E-state index is 12.5. The predicted molar refractivity (Wildman–Crippen MR) is 86.5 cm³/mol. The number of carbonyl (C=O) groups is 4. The number of hydrogen-bond donors (Lipinski definition) is 0. The van der Waals surface area contributed by atoms with Gasteiger partial charge in [0.15, 0.2) is 5.78 Å². The summed E-state index contributed by atoms with van der Waals surface area (Å²) in [6.07, 6.45) is 4.80. The van der Waals surface area contributed by atoms with E-state index in [-0.39, 0.29) is 18.9 Å². The number of urea groups is 1. The Bertz CT molecular complexity index is 726. The fraction of sp³-hybridized carbons (Fsp3) is 0.444. The Balaban J connectivity index is 1.76. The van der Waals surface area contributed by atoms with Crippen LogP contribution in [0.3, 0.4) is 0 Å². The zero-order valence-electron chi connectivity index (χ0n) is 13.7. The highest BCUT2D eigenvalue weighted by Crippen LogP contribution is 2.23. The standard InChI is InChI=1S/C18H20N2O4/c1-2-9-19-16(22)17(23)20(18(19)24)11-15(21)14-8-7-12-5-3-4-6-13(12)10-14/h7-8,10H,2-6,9,11H2,1H3. The molecule has 6 heteroatoms. The smallest absolute Gasteiger partial charge is 0.292 e. The summed E-state index contributed by atoms with van der Waals surface area (Å²) in [5.74, 6) is -2.09. The topological polar surface area (TPSA) is 74.8 Å². The Morgan fingerprint density at radius 1 is 1.00 bits per heavy atom. The molecule has 126 valence electrons. The van der Waals surface area contributed by atoms with Crippen molar-refractivity contribution in [2.75, 3.05) is 13.1 Å². The second-order valence-corrected chi connectivity index (χ2v) is 6.24. The SMILES string of the molecule is CCCN1C(=O)C(=O)N(CC(=O)c2ccc3c(c2)CCCC3)C1=O. The van der Waals surface area contributed by atoms with Crippen LogP contribution in [0.1, 0.15) is 47.7 Å². The van der Waals surface area contributed by atoms with Gasteiger partial charge in [-0.25, -0.2) is 9.69 Å². The average molecular weight is 328 g/mol. The number of aryl methyl sites for hydroxylation is 2. The van der Waals surface area contributed by atoms with E-state index in [1.807, 2.05) is 19.1 Å². The molecule has 1 aromatic rings. The van der Waals surface area contributed by atoms with Crippen LogP contribution >= 0.6 is 0 Å². The zero-order chi connectivity index (χ0) is 17.3. The molecule has 0 bridgehead atoms. The van der Waals surface area contributed by atoms with Crippen molar-refractivity contribution in [1.29, 1.82) is 0 Å². The number of imide groups is 2. The number of fused-ring (bicyclic) bond motifs is 1. The summed E-state index contributed by atoms with van der Waals surface area (Å²) in [4.78, 5) is 50.1. The maximum atomic E-state index is 12.5. The highest BCUT2D eigenvalue weighted by atomic mass is 16.2. The highest BCUT2D eigenvalue weighted by Gasteiger charge is 2.44. The first-order chi connectivity index (χ1) is 11.5. The monoisotopic (exact) mass is 328 g/mol. The van der Waals surface area contributed by atoms with Crippen molar-refractivity contribution in [2.45, 2.75) is 39.0 Å². The van der Waals surface area contributed by atoms with Gasteiger partial charge < -0.3 is 0 Å². The minimum atomic E-state index is -0.917. The normalized spacial score (nSPS) is 17.5. The summed E-state index contributed by atoms with van der Waals surface area (Å²) in [7, 11) is 0. The Morgan fingerprint density at radius 3 is 2.38 bits per heavy atom. The van der Waals surface area contributed by atoms with E-state index >= 15 is 0 Å². The third kappa shape index (κ3) is 2.84. The average Bonchev–Trinajstić information content (AvgIpc) is 2.79. The van der Waals surface area contributed by atoms with Gasteiger partial charge in [-0.2, -0.15) is 0 Å². The quantitative estimate of drug-likeness (QED) is 0.470. The third-order valence-electron chi connectivity index (χ3n) is 4.55. The fourth-order valence-electron chi connectivity index (χ4n) is 3.25. The highest BCUT2D eigenvalue weighted by molar-refractivity contribution is 6.45. The van der Waals surface area contributed by atoms with E-state index in [0.29, 0.717) is 12.0 Å². The molecule has 1 aliphatic carbocycles. The minimum absolute atomic E-state index is 0.187. The molecule has 1 aromatic carbocycles. The van der Waals surface area contributed by atoms with Crippen LogP contribution in [0.5, 0.6) is 0 Å². The van der Waals surface area contributed by atoms with Crippen LogP contribution in [0.2, 0.25) is 0 Å². The molecule has 6 nitrogen and oxygen atoms in total. The number of benzene rings is 1. The molecule has 4 amide bonds. The zero-order valence-corrected chi connectivity index (χ0v) is 13.7. The van der Waals surface area contributed by atoms with Crippen LogP contribution in [0.15, 0.2) is 18.2 Å². The molecule has 24 heavy (non-hydrogen) atoms. The van der Waals surface area contributed by atoms with Crippen LogP contribution in [-0.4, -0.2) is 46.5 Å². The molecule has 1 aliphatic heterocycles. The summed E-state index contributed by atoms with van der Waals surface area (Å²) in [6.45, 7) is 1.61. The molecule has 1 fully saturated rings. The summed E-state index contributed by atoms with van der Waals surface area (Å²) < 4.78 is 0. The van der Waals surface area contributed by atoms with Gasteiger partial charge in [0.05, 0.1) is 6.54 Å². The Morgan fingerprint density at radius 2 is 1.67 bits per heavy atom. The van der Waals surface area contributed by atoms with Crippen LogP contribution in [0, 0.1) is 0 Å². The van der Waals surface area contributed by atoms with Gasteiger partial charge in [0, 0.05) is 12.1 Å². The lowest BCUT2D eigenvalue weighted by Crippen LogP contribution is -2.37. The predicted octanol–water partition coefficient (Wildman–Crippen LogP) is 1.95. The van der Waals surface area contributed by atoms with Crippen molar-refractivity contribution in [2.24, 2.45) is 0 Å². The molecule has 3 rings (SSSR count). The van der Waals surface area contributed by atoms with Crippen molar-refractivity contribution in [3.05, 3.63) is 34.9 Å². The number of hydrogen-bond acceptors (Lipinski definition) is 4. The molecule has 2 aliphatic rings. The number of nitrogens with zero attached hydrogens (tertiary/aromatic N) is 2. The third-order valence-corrected chi connectivity index (χ3v) is 4.55. The molecule has 1 saturated heterocycles. The van der Waals surface area contributed by atoms with Gasteiger partial charge in [0.25, 0.3) is 0 Å². The van der Waals surface area contributed by atoms with Crippen molar-refractivity contribution in [1.82, 2.24) is 9.80 Å². The van der Waals surface area contributed by atoms with Gasteiger partial charge in [-0.1, -0.05) is 19.1 Å². The Labute approximate surface area is 140 Å². The molecular weight excluding hydrogens is 308 g/mol. The van der Waals surface area contributed by atoms with Crippen molar-refractivity contribution < 1.29 is 19.2 Å². The van der Waals surface area contributed by atoms with E-state index in [9.17, 15) is 19.2 Å². The summed E-state index contributed by atoms with van der Waals surface area (Å²) in [5.41, 5.74) is 2.91. The van der Waals surface area contributed by atoms with E-state index in [4.69, 9.17) is 0 Å². The van der Waals surface area contributed by atoms with E-state index in [1.165, 1.54) is 5.56 Å². The molecule has 0 radical (unpaired) electrons. The molecule has 0 saturated carbocycles. The molecule has 0 N–H and O–H groups in total. The number of amides is 4. The first-order valence-electron chi connectivity index (χ1n) is 8.35. The van der Waals surface area contributed by atoms with Crippen LogP contribution in [0.4, 0.5) is 4.79 Å². The number of Topliss-reactive ketones (excluding diaryl/α,β-unsaturated/α-hetero) is 1. The first kappa shape index (κ1) is 16.4. The van der Waals surface area contributed by atoms with E-state index in [0.717, 1.165) is 41.0 Å². The number of rotatable bonds is 5. The van der Waals surface area contributed by atoms with E-state index in [1.54, 1.807) is 6.07 Å². The summed E-state index contributed by atoms with van der Waals surface area (Å²) in [5, 5.41) is 0. The van der Waals surface area contributed by atoms with Crippen molar-refractivity contribution in [3.63, 3.8) is 0 Å².